The number of Topliss-reactive ketones (excluding diaryl/α,β-unsaturated/α-hetero) is 2. The summed E-state index contributed by atoms with van der Waals surface area (Å²) in [5.41, 5.74) is 8.72. The Morgan fingerprint density at radius 3 is 1.62 bits per heavy atom. The number of aliphatic hydroxyl groups excluding tert-OH is 1. The van der Waals surface area contributed by atoms with E-state index in [0.717, 1.165) is 54.5 Å². The quantitative estimate of drug-likeness (QED) is 0.0330. The topological polar surface area (TPSA) is 137 Å². The Labute approximate surface area is 396 Å². The molecule has 1 aliphatic carbocycles. The van der Waals surface area contributed by atoms with Crippen LogP contribution in [0.4, 0.5) is 0 Å². The average molecular weight is 970 g/mol. The second kappa shape index (κ2) is 26.6. The van der Waals surface area contributed by atoms with Crippen molar-refractivity contribution < 1.29 is 57.3 Å². The van der Waals surface area contributed by atoms with Crippen molar-refractivity contribution in [3.05, 3.63) is 147 Å². The van der Waals surface area contributed by atoms with Gasteiger partial charge in [0.25, 0.3) is 0 Å². The summed E-state index contributed by atoms with van der Waals surface area (Å²) >= 11 is 3.79. The maximum Gasteiger partial charge on any atom is 0.163 e. The predicted molar refractivity (Wildman–Crippen MR) is 256 cm³/mol. The molecule has 66 heavy (non-hydrogen) atoms. The van der Waals surface area contributed by atoms with Gasteiger partial charge in [0.15, 0.2) is 11.6 Å². The maximum atomic E-state index is 13.6. The van der Waals surface area contributed by atoms with Crippen molar-refractivity contribution in [2.45, 2.75) is 25.9 Å². The zero-order chi connectivity index (χ0) is 46.6. The maximum absolute atomic E-state index is 13.6. The number of hydrogen-bond acceptors (Lipinski definition) is 12. The molecule has 0 aliphatic heterocycles. The molecule has 5 aromatic rings. The van der Waals surface area contributed by atoms with Gasteiger partial charge in [-0.2, -0.15) is 0 Å². The minimum atomic E-state index is -0.968. The monoisotopic (exact) mass is 968 g/mol. The van der Waals surface area contributed by atoms with Crippen molar-refractivity contribution in [1.29, 1.82) is 0 Å². The summed E-state index contributed by atoms with van der Waals surface area (Å²) in [5, 5.41) is 8.81. The van der Waals surface area contributed by atoms with Gasteiger partial charge in [0.1, 0.15) is 12.4 Å². The highest BCUT2D eigenvalue weighted by atomic mass is 79.9. The van der Waals surface area contributed by atoms with Crippen molar-refractivity contribution in [2.24, 2.45) is 0 Å². The third kappa shape index (κ3) is 13.3. The predicted octanol–water partition coefficient (Wildman–Crippen LogP) is 8.52. The van der Waals surface area contributed by atoms with Crippen LogP contribution in [-0.4, -0.2) is 129 Å². The molecule has 13 heteroatoms. The highest BCUT2D eigenvalue weighted by Crippen LogP contribution is 2.58. The van der Waals surface area contributed by atoms with Gasteiger partial charge < -0.3 is 47.7 Å². The Hall–Kier alpha value is -4.64. The molecule has 6 rings (SSSR count). The lowest BCUT2D eigenvalue weighted by molar-refractivity contribution is -0.00747. The molecule has 0 amide bonds. The van der Waals surface area contributed by atoms with E-state index < -0.39 is 5.41 Å². The van der Waals surface area contributed by atoms with Crippen LogP contribution in [0.25, 0.3) is 22.3 Å². The summed E-state index contributed by atoms with van der Waals surface area (Å²) < 4.78 is 51.3. The molecular formula is C53H61BrO12. The van der Waals surface area contributed by atoms with Crippen molar-refractivity contribution in [1.82, 2.24) is 0 Å². The number of ether oxygens (including phenoxy) is 9. The third-order valence-corrected chi connectivity index (χ3v) is 11.7. The summed E-state index contributed by atoms with van der Waals surface area (Å²) in [6.07, 6.45) is 0. The molecule has 12 nitrogen and oxygen atoms in total. The summed E-state index contributed by atoms with van der Waals surface area (Å²) in [6.45, 7) is 9.33. The van der Waals surface area contributed by atoms with Crippen molar-refractivity contribution in [3.63, 3.8) is 0 Å². The van der Waals surface area contributed by atoms with E-state index in [0.29, 0.717) is 103 Å². The molecule has 0 bridgehead atoms. The minimum Gasteiger partial charge on any atom is -0.490 e. The van der Waals surface area contributed by atoms with Crippen molar-refractivity contribution in [2.75, 3.05) is 113 Å². The highest BCUT2D eigenvalue weighted by Gasteiger charge is 2.47. The first-order valence-electron chi connectivity index (χ1n) is 22.4. The number of aliphatic hydroxyl groups is 1. The molecule has 0 spiro atoms. The molecule has 0 aromatic heterocycles. The summed E-state index contributed by atoms with van der Waals surface area (Å²) in [6, 6.07) is 35.0. The van der Waals surface area contributed by atoms with E-state index in [1.807, 2.05) is 54.6 Å². The van der Waals surface area contributed by atoms with E-state index in [4.69, 9.17) is 47.7 Å². The number of benzene rings is 5. The largest absolute Gasteiger partial charge is 0.490 e. The Bertz CT molecular complexity index is 2230. The van der Waals surface area contributed by atoms with Gasteiger partial charge in [0, 0.05) is 17.1 Å². The number of hydrogen-bond donors (Lipinski definition) is 1. The molecule has 1 aliphatic rings. The fraction of sp³-hybridized carbons (Fsp3) is 0.396. The zero-order valence-electron chi connectivity index (χ0n) is 38.2. The molecule has 5 aromatic carbocycles. The van der Waals surface area contributed by atoms with Gasteiger partial charge in [-0.25, -0.2) is 0 Å². The lowest BCUT2D eigenvalue weighted by atomic mass is 9.66. The Morgan fingerprint density at radius 2 is 1.03 bits per heavy atom. The van der Waals surface area contributed by atoms with Gasteiger partial charge in [0.2, 0.25) is 0 Å². The lowest BCUT2D eigenvalue weighted by Crippen LogP contribution is -2.29. The number of ketones is 2. The van der Waals surface area contributed by atoms with Crippen molar-refractivity contribution in [3.8, 4) is 28.0 Å². The van der Waals surface area contributed by atoms with Crippen LogP contribution in [0.2, 0.25) is 0 Å². The smallest absolute Gasteiger partial charge is 0.163 e. The number of carbonyl (C=O) groups is 2. The third-order valence-electron chi connectivity index (χ3n) is 11.2. The van der Waals surface area contributed by atoms with Gasteiger partial charge in [-0.15, -0.1) is 0 Å². The second-order valence-electron chi connectivity index (χ2n) is 15.6. The molecule has 1 N–H and O–H groups in total. The second-order valence-corrected chi connectivity index (χ2v) is 16.5. The van der Waals surface area contributed by atoms with E-state index in [-0.39, 0.29) is 38.0 Å². The van der Waals surface area contributed by atoms with Gasteiger partial charge in [-0.1, -0.05) is 82.7 Å². The van der Waals surface area contributed by atoms with Crippen molar-refractivity contribution >= 4 is 27.5 Å². The lowest BCUT2D eigenvalue weighted by Gasteiger charge is -2.35. The van der Waals surface area contributed by atoms with Gasteiger partial charge in [-0.3, -0.25) is 9.59 Å². The van der Waals surface area contributed by atoms with E-state index in [2.05, 4.69) is 64.5 Å². The molecule has 0 saturated carbocycles. The van der Waals surface area contributed by atoms with E-state index in [1.54, 1.807) is 21.0 Å². The number of halogens is 1. The number of methoxy groups -OCH3 is 1. The Kier molecular flexibility index (Phi) is 20.5. The fourth-order valence-electron chi connectivity index (χ4n) is 8.12. The first-order chi connectivity index (χ1) is 32.3. The van der Waals surface area contributed by atoms with Gasteiger partial charge in [0.05, 0.1) is 117 Å². The fourth-order valence-corrected chi connectivity index (χ4v) is 8.48. The van der Waals surface area contributed by atoms with E-state index in [9.17, 15) is 9.59 Å². The molecule has 0 saturated heterocycles. The minimum absolute atomic E-state index is 0.0166. The number of fused-ring (bicyclic) bond motifs is 3. The summed E-state index contributed by atoms with van der Waals surface area (Å²) in [5.74, 6) is 0.214. The number of rotatable bonds is 31. The van der Waals surface area contributed by atoms with Gasteiger partial charge in [-0.05, 0) is 100 Å². The first kappa shape index (κ1) is 50.8. The van der Waals surface area contributed by atoms with Crippen LogP contribution < -0.4 is 4.74 Å². The van der Waals surface area contributed by atoms with Crippen LogP contribution in [0.3, 0.4) is 0 Å². The highest BCUT2D eigenvalue weighted by molar-refractivity contribution is 9.10. The molecule has 0 fully saturated rings. The van der Waals surface area contributed by atoms with E-state index >= 15 is 0 Å². The Balaban J connectivity index is 1.29. The number of carbonyl (C=O) groups excluding carboxylic acids is 2. The molecule has 352 valence electrons. The van der Waals surface area contributed by atoms with Gasteiger partial charge >= 0.3 is 0 Å². The van der Waals surface area contributed by atoms with Crippen LogP contribution in [-0.2, 0) is 49.9 Å². The van der Waals surface area contributed by atoms with E-state index in [1.165, 1.54) is 0 Å². The summed E-state index contributed by atoms with van der Waals surface area (Å²) in [7, 11) is 1.63. The standard InChI is InChI=1S/C53H61BrO12/c1-38(56)48-34-43(11-9-42(48)37-65-30-29-63-26-25-61-22-21-59-18-17-55)53(50-33-41(40-7-5-4-6-8-40)10-14-46(50)47-15-13-45(54)36-51(47)53)44-12-16-52(49(35-44)39(2)57)66-32-31-64-28-27-62-24-23-60-20-19-58-3/h4-16,33-36,55H,17-32,37H2,1-3H3. The SMILES string of the molecule is COCCOCCOCCOCCOc1ccc(C2(c3ccc(COCCOCCOCCOCCO)c(C(C)=O)c3)c3cc(Br)ccc3-c3ccc(-c4ccccc4)cc32)cc1C(C)=O. The van der Waals surface area contributed by atoms with Crippen LogP contribution in [0.5, 0.6) is 5.75 Å². The molecular weight excluding hydrogens is 908 g/mol. The zero-order valence-corrected chi connectivity index (χ0v) is 39.7. The van der Waals surface area contributed by atoms with Crippen LogP contribution in [0.15, 0.2) is 108 Å². The molecule has 0 radical (unpaired) electrons. The Morgan fingerprint density at radius 1 is 0.515 bits per heavy atom. The molecule has 0 heterocycles. The summed E-state index contributed by atoms with van der Waals surface area (Å²) in [4.78, 5) is 27.2. The van der Waals surface area contributed by atoms with Crippen LogP contribution in [0.1, 0.15) is 62.4 Å². The molecule has 1 atom stereocenters. The normalized spacial score (nSPS) is 14.0. The first-order valence-corrected chi connectivity index (χ1v) is 23.2. The average Bonchev–Trinajstić information content (AvgIpc) is 3.61. The van der Waals surface area contributed by atoms with Crippen LogP contribution >= 0.6 is 15.9 Å². The van der Waals surface area contributed by atoms with Crippen LogP contribution in [0, 0.1) is 0 Å². The molecule has 1 unspecified atom stereocenters.